The molecule has 2 saturated carbocycles. The second-order valence-corrected chi connectivity index (χ2v) is 12.1. The van der Waals surface area contributed by atoms with Crippen LogP contribution in [0.5, 0.6) is 5.75 Å². The number of ether oxygens (including phenoxy) is 3. The van der Waals surface area contributed by atoms with Crippen molar-refractivity contribution in [3.8, 4) is 5.75 Å². The summed E-state index contributed by atoms with van der Waals surface area (Å²) in [7, 11) is 0. The number of rotatable bonds is 5. The molecular formula is C29H43NO5. The highest BCUT2D eigenvalue weighted by molar-refractivity contribution is 5.76. The lowest BCUT2D eigenvalue weighted by atomic mass is 9.46. The summed E-state index contributed by atoms with van der Waals surface area (Å²) in [4.78, 5) is 15.3. The third kappa shape index (κ3) is 4.86. The molecular weight excluding hydrogens is 442 g/mol. The van der Waals surface area contributed by atoms with Crippen molar-refractivity contribution in [3.05, 3.63) is 30.3 Å². The van der Waals surface area contributed by atoms with E-state index in [2.05, 4.69) is 20.8 Å². The van der Waals surface area contributed by atoms with Gasteiger partial charge in [0, 0.05) is 24.9 Å². The summed E-state index contributed by atoms with van der Waals surface area (Å²) < 4.78 is 18.6. The number of likely N-dealkylation sites (tertiary alicyclic amines) is 1. The van der Waals surface area contributed by atoms with Gasteiger partial charge >= 0.3 is 0 Å². The van der Waals surface area contributed by atoms with Gasteiger partial charge in [-0.05, 0) is 73.8 Å². The number of aliphatic hydroxyl groups excluding tert-OH is 1. The molecule has 194 valence electrons. The normalized spacial score (nSPS) is 40.0. The fraction of sp³-hybridized carbons (Fsp3) is 0.759. The van der Waals surface area contributed by atoms with Crippen LogP contribution in [-0.4, -0.2) is 60.7 Å². The molecule has 0 aromatic heterocycles. The van der Waals surface area contributed by atoms with Gasteiger partial charge in [0.1, 0.15) is 12.4 Å². The molecule has 4 aliphatic rings. The fourth-order valence-electron chi connectivity index (χ4n) is 7.63. The van der Waals surface area contributed by atoms with Crippen molar-refractivity contribution in [1.82, 2.24) is 4.90 Å². The van der Waals surface area contributed by atoms with E-state index < -0.39 is 6.10 Å². The summed E-state index contributed by atoms with van der Waals surface area (Å²) >= 11 is 0. The van der Waals surface area contributed by atoms with Crippen LogP contribution in [0, 0.1) is 28.6 Å². The molecule has 0 unspecified atom stereocenters. The van der Waals surface area contributed by atoms with Gasteiger partial charge in [-0.3, -0.25) is 4.79 Å². The summed E-state index contributed by atoms with van der Waals surface area (Å²) in [5, 5.41) is 11.1. The fourth-order valence-corrected chi connectivity index (χ4v) is 7.63. The molecule has 6 nitrogen and oxygen atoms in total. The molecule has 35 heavy (non-hydrogen) atoms. The molecule has 6 heteroatoms. The summed E-state index contributed by atoms with van der Waals surface area (Å²) in [5.74, 6) is 2.09. The SMILES string of the molecule is CC1CCN(C(=O)C[C@H]2[C@H](O)CC[C@@H]3[C@]4(C)CO[C@@H](COc5ccccc5)O[C@H]4CC[C@]32C)CC1. The van der Waals surface area contributed by atoms with E-state index in [1.807, 2.05) is 35.2 Å². The molecule has 1 amide bonds. The smallest absolute Gasteiger partial charge is 0.222 e. The lowest BCUT2D eigenvalue weighted by Gasteiger charge is -2.63. The number of nitrogens with zero attached hydrogens (tertiary/aromatic N) is 1. The highest BCUT2D eigenvalue weighted by Crippen LogP contribution is 2.62. The minimum atomic E-state index is -0.415. The van der Waals surface area contributed by atoms with Gasteiger partial charge in [0.2, 0.25) is 5.91 Å². The molecule has 1 aromatic rings. The van der Waals surface area contributed by atoms with Crippen LogP contribution < -0.4 is 4.74 Å². The van der Waals surface area contributed by atoms with Crippen LogP contribution in [-0.2, 0) is 14.3 Å². The third-order valence-corrected chi connectivity index (χ3v) is 9.89. The minimum absolute atomic E-state index is 0.00925. The number of carbonyl (C=O) groups excluding carboxylic acids is 1. The molecule has 7 atom stereocenters. The van der Waals surface area contributed by atoms with Crippen molar-refractivity contribution in [2.24, 2.45) is 28.6 Å². The Labute approximate surface area is 210 Å². The number of aliphatic hydroxyl groups is 1. The van der Waals surface area contributed by atoms with Crippen LogP contribution in [0.25, 0.3) is 0 Å². The van der Waals surface area contributed by atoms with Crippen molar-refractivity contribution >= 4 is 5.91 Å². The lowest BCUT2D eigenvalue weighted by molar-refractivity contribution is -0.313. The maximum Gasteiger partial charge on any atom is 0.222 e. The Hall–Kier alpha value is -1.63. The highest BCUT2D eigenvalue weighted by Gasteiger charge is 2.61. The summed E-state index contributed by atoms with van der Waals surface area (Å²) in [6.07, 6.45) is 5.54. The first kappa shape index (κ1) is 25.0. The minimum Gasteiger partial charge on any atom is -0.488 e. The number of amides is 1. The maximum atomic E-state index is 13.3. The van der Waals surface area contributed by atoms with Gasteiger partial charge < -0.3 is 24.2 Å². The van der Waals surface area contributed by atoms with Crippen molar-refractivity contribution in [2.45, 2.75) is 84.2 Å². The van der Waals surface area contributed by atoms with Crippen LogP contribution in [0.15, 0.2) is 30.3 Å². The number of benzene rings is 1. The van der Waals surface area contributed by atoms with Crippen LogP contribution in [0.2, 0.25) is 0 Å². The molecule has 2 aliphatic carbocycles. The molecule has 1 aromatic carbocycles. The predicted octanol–water partition coefficient (Wildman–Crippen LogP) is 4.65. The molecule has 0 bridgehead atoms. The first-order chi connectivity index (χ1) is 16.8. The van der Waals surface area contributed by atoms with Gasteiger partial charge in [0.05, 0.1) is 18.8 Å². The Balaban J connectivity index is 1.25. The van der Waals surface area contributed by atoms with Gasteiger partial charge in [0.15, 0.2) is 6.29 Å². The van der Waals surface area contributed by atoms with E-state index in [-0.39, 0.29) is 35.0 Å². The number of para-hydroxylation sites is 1. The average molecular weight is 486 g/mol. The Bertz CT molecular complexity index is 871. The van der Waals surface area contributed by atoms with Crippen molar-refractivity contribution in [3.63, 3.8) is 0 Å². The second-order valence-electron chi connectivity index (χ2n) is 12.1. The Morgan fingerprint density at radius 2 is 1.83 bits per heavy atom. The number of piperidine rings is 1. The van der Waals surface area contributed by atoms with Crippen LogP contribution >= 0.6 is 0 Å². The topological polar surface area (TPSA) is 68.2 Å². The van der Waals surface area contributed by atoms with Gasteiger partial charge in [-0.25, -0.2) is 0 Å². The van der Waals surface area contributed by atoms with Crippen molar-refractivity contribution in [2.75, 3.05) is 26.3 Å². The van der Waals surface area contributed by atoms with Gasteiger partial charge in [-0.15, -0.1) is 0 Å². The zero-order valence-corrected chi connectivity index (χ0v) is 21.7. The molecule has 4 fully saturated rings. The number of hydrogen-bond acceptors (Lipinski definition) is 5. The Kier molecular flexibility index (Phi) is 7.17. The van der Waals surface area contributed by atoms with E-state index in [0.717, 1.165) is 57.4 Å². The first-order valence-corrected chi connectivity index (χ1v) is 13.7. The lowest BCUT2D eigenvalue weighted by Crippen LogP contribution is -2.63. The first-order valence-electron chi connectivity index (χ1n) is 13.7. The van der Waals surface area contributed by atoms with E-state index in [0.29, 0.717) is 31.5 Å². The molecule has 1 N–H and O–H groups in total. The quantitative estimate of drug-likeness (QED) is 0.658. The van der Waals surface area contributed by atoms with Crippen molar-refractivity contribution < 1.29 is 24.1 Å². The highest BCUT2D eigenvalue weighted by atomic mass is 16.7. The average Bonchev–Trinajstić information content (AvgIpc) is 2.86. The zero-order valence-electron chi connectivity index (χ0n) is 21.7. The summed E-state index contributed by atoms with van der Waals surface area (Å²) in [6, 6.07) is 9.78. The van der Waals surface area contributed by atoms with E-state index in [1.165, 1.54) is 0 Å². The number of hydrogen-bond donors (Lipinski definition) is 1. The third-order valence-electron chi connectivity index (χ3n) is 9.89. The van der Waals surface area contributed by atoms with Crippen LogP contribution in [0.4, 0.5) is 0 Å². The van der Waals surface area contributed by atoms with Crippen LogP contribution in [0.1, 0.15) is 65.7 Å². The van der Waals surface area contributed by atoms with E-state index in [1.54, 1.807) is 0 Å². The molecule has 0 radical (unpaired) electrons. The maximum absolute atomic E-state index is 13.3. The van der Waals surface area contributed by atoms with Crippen molar-refractivity contribution in [1.29, 1.82) is 0 Å². The molecule has 2 heterocycles. The zero-order chi connectivity index (χ0) is 24.6. The van der Waals surface area contributed by atoms with Gasteiger partial charge in [-0.1, -0.05) is 39.0 Å². The van der Waals surface area contributed by atoms with Crippen LogP contribution in [0.3, 0.4) is 0 Å². The van der Waals surface area contributed by atoms with E-state index in [4.69, 9.17) is 14.2 Å². The second kappa shape index (κ2) is 10.0. The predicted molar refractivity (Wildman–Crippen MR) is 134 cm³/mol. The van der Waals surface area contributed by atoms with Gasteiger partial charge in [-0.2, -0.15) is 0 Å². The Morgan fingerprint density at radius 1 is 1.09 bits per heavy atom. The Morgan fingerprint density at radius 3 is 2.57 bits per heavy atom. The molecule has 0 spiro atoms. The monoisotopic (exact) mass is 485 g/mol. The van der Waals surface area contributed by atoms with E-state index in [9.17, 15) is 9.90 Å². The molecule has 5 rings (SSSR count). The largest absolute Gasteiger partial charge is 0.488 e. The molecule has 2 aliphatic heterocycles. The van der Waals surface area contributed by atoms with E-state index >= 15 is 0 Å². The summed E-state index contributed by atoms with van der Waals surface area (Å²) in [6.45, 7) is 9.61. The number of carbonyl (C=O) groups is 1. The summed E-state index contributed by atoms with van der Waals surface area (Å²) in [5.41, 5.74) is -0.222. The standard InChI is InChI=1S/C29H43NO5/c1-20-12-15-30(16-13-20)26(32)17-22-23(31)9-10-24-28(22,2)14-11-25-29(24,3)19-34-27(35-25)18-33-21-7-5-4-6-8-21/h4-8,20,22-25,27,31H,9-19H2,1-3H3/t22-,23+,24-,25-,27+,28-,29-/m0/s1. The number of fused-ring (bicyclic) bond motifs is 3. The van der Waals surface area contributed by atoms with Gasteiger partial charge in [0.25, 0.3) is 0 Å². The molecule has 2 saturated heterocycles.